The lowest BCUT2D eigenvalue weighted by atomic mass is 9.61. The number of carbonyl (C=O) groups excluding carboxylic acids is 1. The minimum Gasteiger partial charge on any atom is -0.444 e. The van der Waals surface area contributed by atoms with Crippen LogP contribution in [0.15, 0.2) is 24.3 Å². The highest BCUT2D eigenvalue weighted by Gasteiger charge is 2.54. The molecule has 7 heteroatoms. The van der Waals surface area contributed by atoms with Crippen LogP contribution >= 0.6 is 0 Å². The van der Waals surface area contributed by atoms with Crippen LogP contribution in [0.25, 0.3) is 5.47 Å². The third-order valence-corrected chi connectivity index (χ3v) is 7.31. The number of benzene rings is 1. The number of amides is 1. The van der Waals surface area contributed by atoms with Gasteiger partial charge >= 0.3 is 13.2 Å². The fourth-order valence-corrected chi connectivity index (χ4v) is 4.76. The molecule has 0 N–H and O–H groups in total. The fraction of sp³-hybridized carbons (Fsp3) is 0.640. The van der Waals surface area contributed by atoms with Gasteiger partial charge in [-0.05, 0) is 102 Å². The minimum atomic E-state index is -0.554. The summed E-state index contributed by atoms with van der Waals surface area (Å²) in [4.78, 5) is 14.3. The molecule has 2 aliphatic heterocycles. The minimum absolute atomic E-state index is 0.123. The standard InChI is InChI=1S/C25H35BFNO4/c1-22(2,3)30-21(29)28-12-10-25(11-13-28)15-17-8-9-18(27)14-19(17)20(16-25)26-31-23(4,5)24(6,7)32-26/h8-9,14,16H,10-13,15H2,1-7H3. The van der Waals surface area contributed by atoms with Gasteiger partial charge in [-0.3, -0.25) is 0 Å². The van der Waals surface area contributed by atoms with E-state index in [0.717, 1.165) is 35.9 Å². The van der Waals surface area contributed by atoms with Crippen molar-refractivity contribution in [1.29, 1.82) is 0 Å². The molecule has 0 radical (unpaired) electrons. The van der Waals surface area contributed by atoms with Crippen molar-refractivity contribution >= 4 is 18.7 Å². The molecular formula is C25H35BFNO4. The van der Waals surface area contributed by atoms with Crippen LogP contribution < -0.4 is 0 Å². The van der Waals surface area contributed by atoms with Crippen LogP contribution in [-0.2, 0) is 20.5 Å². The zero-order chi connectivity index (χ0) is 23.5. The Hall–Kier alpha value is -1.86. The molecule has 1 aromatic carbocycles. The van der Waals surface area contributed by atoms with E-state index in [2.05, 4.69) is 6.08 Å². The zero-order valence-electron chi connectivity index (χ0n) is 20.4. The molecular weight excluding hydrogens is 408 g/mol. The number of halogens is 1. The summed E-state index contributed by atoms with van der Waals surface area (Å²) in [6, 6.07) is 5.00. The van der Waals surface area contributed by atoms with Gasteiger partial charge in [-0.15, -0.1) is 0 Å². The van der Waals surface area contributed by atoms with Crippen molar-refractivity contribution in [3.63, 3.8) is 0 Å². The molecule has 32 heavy (non-hydrogen) atoms. The van der Waals surface area contributed by atoms with E-state index in [0.29, 0.717) is 13.1 Å². The number of carbonyl (C=O) groups is 1. The molecule has 0 aromatic heterocycles. The highest BCUT2D eigenvalue weighted by molar-refractivity contribution is 6.69. The van der Waals surface area contributed by atoms with Crippen molar-refractivity contribution in [1.82, 2.24) is 4.90 Å². The third kappa shape index (κ3) is 4.34. The van der Waals surface area contributed by atoms with E-state index < -0.39 is 23.9 Å². The number of nitrogens with zero attached hydrogens (tertiary/aromatic N) is 1. The number of likely N-dealkylation sites (tertiary alicyclic amines) is 1. The molecule has 174 valence electrons. The Kier molecular flexibility index (Phi) is 5.53. The van der Waals surface area contributed by atoms with Gasteiger partial charge in [0.25, 0.3) is 0 Å². The third-order valence-electron chi connectivity index (χ3n) is 7.31. The van der Waals surface area contributed by atoms with Crippen LogP contribution in [0.3, 0.4) is 0 Å². The average Bonchev–Trinajstić information content (AvgIpc) is 2.88. The first kappa shape index (κ1) is 23.3. The molecule has 0 unspecified atom stereocenters. The number of fused-ring (bicyclic) bond motifs is 1. The lowest BCUT2D eigenvalue weighted by Crippen LogP contribution is -2.46. The van der Waals surface area contributed by atoms with Gasteiger partial charge in [-0.1, -0.05) is 12.1 Å². The fourth-order valence-electron chi connectivity index (χ4n) is 4.76. The molecule has 5 nitrogen and oxygen atoms in total. The van der Waals surface area contributed by atoms with Gasteiger partial charge in [-0.25, -0.2) is 9.18 Å². The van der Waals surface area contributed by atoms with Crippen molar-refractivity contribution in [2.24, 2.45) is 5.41 Å². The summed E-state index contributed by atoms with van der Waals surface area (Å²) < 4.78 is 32.5. The number of ether oxygens (including phenoxy) is 1. The first-order chi connectivity index (χ1) is 14.7. The lowest BCUT2D eigenvalue weighted by Gasteiger charge is -2.43. The largest absolute Gasteiger partial charge is 0.495 e. The van der Waals surface area contributed by atoms with Crippen molar-refractivity contribution in [3.05, 3.63) is 41.2 Å². The Bertz CT molecular complexity index is 926. The summed E-state index contributed by atoms with van der Waals surface area (Å²) in [5, 5.41) is 0. The van der Waals surface area contributed by atoms with E-state index in [9.17, 15) is 9.18 Å². The van der Waals surface area contributed by atoms with Crippen molar-refractivity contribution in [2.45, 2.75) is 84.5 Å². The Labute approximate surface area is 191 Å². The molecule has 1 aliphatic carbocycles. The van der Waals surface area contributed by atoms with Gasteiger partial charge in [0.15, 0.2) is 0 Å². The van der Waals surface area contributed by atoms with Crippen LogP contribution in [0.1, 0.15) is 72.4 Å². The summed E-state index contributed by atoms with van der Waals surface area (Å²) >= 11 is 0. The van der Waals surface area contributed by atoms with Crippen LogP contribution in [0.2, 0.25) is 0 Å². The van der Waals surface area contributed by atoms with E-state index in [1.54, 1.807) is 11.0 Å². The van der Waals surface area contributed by atoms with E-state index in [-0.39, 0.29) is 17.3 Å². The van der Waals surface area contributed by atoms with E-state index >= 15 is 0 Å². The van der Waals surface area contributed by atoms with Crippen molar-refractivity contribution in [2.75, 3.05) is 13.1 Å². The van der Waals surface area contributed by atoms with Gasteiger partial charge in [0.05, 0.1) is 11.2 Å². The molecule has 1 aromatic rings. The Balaban J connectivity index is 1.62. The van der Waals surface area contributed by atoms with E-state index in [4.69, 9.17) is 14.0 Å². The van der Waals surface area contributed by atoms with Crippen LogP contribution in [0.4, 0.5) is 9.18 Å². The molecule has 1 amide bonds. The van der Waals surface area contributed by atoms with E-state index in [1.165, 1.54) is 6.07 Å². The number of piperidine rings is 1. The maximum absolute atomic E-state index is 14.2. The molecule has 3 aliphatic rings. The Morgan fingerprint density at radius 3 is 2.25 bits per heavy atom. The molecule has 4 rings (SSSR count). The number of hydrogen-bond donors (Lipinski definition) is 0. The molecule has 0 bridgehead atoms. The van der Waals surface area contributed by atoms with Gasteiger partial charge < -0.3 is 18.9 Å². The second-order valence-electron chi connectivity index (χ2n) is 11.5. The molecule has 1 spiro atoms. The highest BCUT2D eigenvalue weighted by Crippen LogP contribution is 2.48. The maximum atomic E-state index is 14.2. The highest BCUT2D eigenvalue weighted by atomic mass is 19.1. The maximum Gasteiger partial charge on any atom is 0.495 e. The number of hydrogen-bond acceptors (Lipinski definition) is 4. The monoisotopic (exact) mass is 443 g/mol. The predicted octanol–water partition coefficient (Wildman–Crippen LogP) is 5.41. The molecule has 2 heterocycles. The van der Waals surface area contributed by atoms with Gasteiger partial charge in [-0.2, -0.15) is 0 Å². The van der Waals surface area contributed by atoms with Crippen LogP contribution in [0.5, 0.6) is 0 Å². The molecule has 2 saturated heterocycles. The molecule has 0 atom stereocenters. The lowest BCUT2D eigenvalue weighted by molar-refractivity contribution is 0.00578. The summed E-state index contributed by atoms with van der Waals surface area (Å²) in [6.45, 7) is 15.0. The van der Waals surface area contributed by atoms with Gasteiger partial charge in [0, 0.05) is 13.1 Å². The van der Waals surface area contributed by atoms with Crippen molar-refractivity contribution < 1.29 is 23.2 Å². The molecule has 2 fully saturated rings. The summed E-state index contributed by atoms with van der Waals surface area (Å²) in [7, 11) is -0.554. The van der Waals surface area contributed by atoms with Crippen LogP contribution in [-0.4, -0.2) is 48.0 Å². The number of allylic oxidation sites excluding steroid dienone is 1. The first-order valence-electron chi connectivity index (χ1n) is 11.6. The normalized spacial score (nSPS) is 23.7. The van der Waals surface area contributed by atoms with Gasteiger partial charge in [0.2, 0.25) is 0 Å². The van der Waals surface area contributed by atoms with E-state index in [1.807, 2.05) is 54.5 Å². The quantitative estimate of drug-likeness (QED) is 0.545. The Morgan fingerprint density at radius 1 is 1.09 bits per heavy atom. The summed E-state index contributed by atoms with van der Waals surface area (Å²) in [5.41, 5.74) is 1.28. The first-order valence-corrected chi connectivity index (χ1v) is 11.6. The second-order valence-corrected chi connectivity index (χ2v) is 11.5. The zero-order valence-corrected chi connectivity index (χ0v) is 20.4. The smallest absolute Gasteiger partial charge is 0.444 e. The predicted molar refractivity (Wildman–Crippen MR) is 124 cm³/mol. The van der Waals surface area contributed by atoms with Crippen LogP contribution in [0, 0.1) is 11.2 Å². The topological polar surface area (TPSA) is 48.0 Å². The summed E-state index contributed by atoms with van der Waals surface area (Å²) in [6.07, 6.45) is 4.41. The summed E-state index contributed by atoms with van der Waals surface area (Å²) in [5.74, 6) is -0.262. The van der Waals surface area contributed by atoms with Gasteiger partial charge in [0.1, 0.15) is 11.4 Å². The average molecular weight is 443 g/mol. The number of rotatable bonds is 1. The van der Waals surface area contributed by atoms with Crippen molar-refractivity contribution in [3.8, 4) is 0 Å². The SMILES string of the molecule is CC(C)(C)OC(=O)N1CCC2(C=C(B3OC(C)(C)C(C)(C)O3)c3cc(F)ccc3C2)CC1. The molecule has 0 saturated carbocycles. The Morgan fingerprint density at radius 2 is 1.69 bits per heavy atom. The second kappa shape index (κ2) is 7.59.